The third-order valence-electron chi connectivity index (χ3n) is 4.25. The topological polar surface area (TPSA) is 58.6 Å². The minimum atomic E-state index is 0.0288. The van der Waals surface area contributed by atoms with Gasteiger partial charge in [-0.05, 0) is 36.8 Å². The molecule has 0 aliphatic carbocycles. The summed E-state index contributed by atoms with van der Waals surface area (Å²) >= 11 is 0. The largest absolute Gasteiger partial charge is 0.484 e. The number of rotatable bonds is 7. The van der Waals surface area contributed by atoms with Crippen LogP contribution in [0.4, 0.5) is 0 Å². The minimum Gasteiger partial charge on any atom is -0.484 e. The van der Waals surface area contributed by atoms with Crippen LogP contribution < -0.4 is 10.1 Å². The molecule has 1 aromatic rings. The highest BCUT2D eigenvalue weighted by molar-refractivity contribution is 5.78. The van der Waals surface area contributed by atoms with Crippen LogP contribution >= 0.6 is 0 Å². The quantitative estimate of drug-likeness (QED) is 0.834. The van der Waals surface area contributed by atoms with E-state index in [0.29, 0.717) is 30.6 Å². The van der Waals surface area contributed by atoms with Crippen LogP contribution in [0, 0.1) is 11.8 Å². The first-order chi connectivity index (χ1) is 11.5. The molecule has 0 spiro atoms. The van der Waals surface area contributed by atoms with Crippen molar-refractivity contribution in [1.82, 2.24) is 10.2 Å². The summed E-state index contributed by atoms with van der Waals surface area (Å²) in [5.41, 5.74) is 0. The number of hydrogen-bond donors (Lipinski definition) is 1. The predicted molar refractivity (Wildman–Crippen MR) is 93.7 cm³/mol. The molecule has 0 aromatic heterocycles. The van der Waals surface area contributed by atoms with Crippen LogP contribution in [0.2, 0.25) is 0 Å². The lowest BCUT2D eigenvalue weighted by Crippen LogP contribution is -2.43. The van der Waals surface area contributed by atoms with Crippen molar-refractivity contribution in [3.8, 4) is 5.75 Å². The van der Waals surface area contributed by atoms with Crippen molar-refractivity contribution < 1.29 is 14.3 Å². The van der Waals surface area contributed by atoms with E-state index in [1.165, 1.54) is 0 Å². The van der Waals surface area contributed by atoms with E-state index in [2.05, 4.69) is 5.32 Å². The summed E-state index contributed by atoms with van der Waals surface area (Å²) in [6.07, 6.45) is 2.44. The predicted octanol–water partition coefficient (Wildman–Crippen LogP) is 2.47. The number of carbonyl (C=O) groups is 2. The number of nitrogens with zero attached hydrogens (tertiary/aromatic N) is 1. The van der Waals surface area contributed by atoms with Crippen LogP contribution in [0.1, 0.15) is 33.1 Å². The zero-order valence-corrected chi connectivity index (χ0v) is 14.7. The molecule has 1 N–H and O–H groups in total. The van der Waals surface area contributed by atoms with Crippen molar-refractivity contribution >= 4 is 11.8 Å². The summed E-state index contributed by atoms with van der Waals surface area (Å²) in [6, 6.07) is 9.38. The van der Waals surface area contributed by atoms with Crippen molar-refractivity contribution in [2.45, 2.75) is 33.1 Å². The number of likely N-dealkylation sites (tertiary alicyclic amines) is 1. The fourth-order valence-corrected chi connectivity index (χ4v) is 2.84. The van der Waals surface area contributed by atoms with Crippen molar-refractivity contribution in [3.05, 3.63) is 30.3 Å². The van der Waals surface area contributed by atoms with Gasteiger partial charge in [0, 0.05) is 26.1 Å². The highest BCUT2D eigenvalue weighted by Gasteiger charge is 2.23. The molecule has 2 rings (SSSR count). The van der Waals surface area contributed by atoms with Gasteiger partial charge in [0.25, 0.3) is 5.91 Å². The highest BCUT2D eigenvalue weighted by atomic mass is 16.5. The molecule has 5 heteroatoms. The molecule has 0 radical (unpaired) electrons. The molecule has 1 aliphatic rings. The van der Waals surface area contributed by atoms with E-state index in [1.54, 1.807) is 0 Å². The van der Waals surface area contributed by atoms with Gasteiger partial charge in [0.15, 0.2) is 6.61 Å². The van der Waals surface area contributed by atoms with Crippen molar-refractivity contribution in [3.63, 3.8) is 0 Å². The molecule has 1 aliphatic heterocycles. The first-order valence-corrected chi connectivity index (χ1v) is 8.77. The lowest BCUT2D eigenvalue weighted by molar-refractivity contribution is -0.135. The summed E-state index contributed by atoms with van der Waals surface area (Å²) in [4.78, 5) is 25.7. The van der Waals surface area contributed by atoms with Gasteiger partial charge in [-0.25, -0.2) is 0 Å². The summed E-state index contributed by atoms with van der Waals surface area (Å²) in [5, 5.41) is 3.01. The molecule has 2 amide bonds. The molecule has 1 saturated heterocycles. The average molecular weight is 332 g/mol. The fourth-order valence-electron chi connectivity index (χ4n) is 2.84. The monoisotopic (exact) mass is 332 g/mol. The van der Waals surface area contributed by atoms with E-state index in [4.69, 9.17) is 4.74 Å². The van der Waals surface area contributed by atoms with E-state index in [9.17, 15) is 9.59 Å². The normalized spacial score (nSPS) is 15.4. The number of carbonyl (C=O) groups excluding carboxylic acids is 2. The van der Waals surface area contributed by atoms with Gasteiger partial charge < -0.3 is 15.0 Å². The number of para-hydroxylation sites is 1. The molecule has 24 heavy (non-hydrogen) atoms. The highest BCUT2D eigenvalue weighted by Crippen LogP contribution is 2.17. The van der Waals surface area contributed by atoms with E-state index < -0.39 is 0 Å². The zero-order chi connectivity index (χ0) is 17.4. The molecule has 0 bridgehead atoms. The number of hydrogen-bond acceptors (Lipinski definition) is 3. The number of piperidine rings is 1. The second-order valence-corrected chi connectivity index (χ2v) is 6.83. The van der Waals surface area contributed by atoms with Crippen molar-refractivity contribution in [1.29, 1.82) is 0 Å². The molecule has 1 heterocycles. The van der Waals surface area contributed by atoms with E-state index >= 15 is 0 Å². The Morgan fingerprint density at radius 3 is 2.50 bits per heavy atom. The Bertz CT molecular complexity index is 523. The van der Waals surface area contributed by atoms with Gasteiger partial charge in [0.1, 0.15) is 5.75 Å². The van der Waals surface area contributed by atoms with Crippen LogP contribution in [-0.4, -0.2) is 43.0 Å². The van der Waals surface area contributed by atoms with Gasteiger partial charge in [-0.3, -0.25) is 9.59 Å². The maximum Gasteiger partial charge on any atom is 0.260 e. The van der Waals surface area contributed by atoms with Gasteiger partial charge >= 0.3 is 0 Å². The Balaban J connectivity index is 1.65. The molecule has 1 fully saturated rings. The van der Waals surface area contributed by atoms with E-state index in [0.717, 1.165) is 25.9 Å². The summed E-state index contributed by atoms with van der Waals surface area (Å²) in [6.45, 7) is 6.36. The van der Waals surface area contributed by atoms with E-state index in [-0.39, 0.29) is 18.4 Å². The van der Waals surface area contributed by atoms with Gasteiger partial charge in [-0.2, -0.15) is 0 Å². The van der Waals surface area contributed by atoms with Gasteiger partial charge in [-0.15, -0.1) is 0 Å². The molecule has 0 unspecified atom stereocenters. The number of benzene rings is 1. The Hall–Kier alpha value is -2.04. The molecule has 1 aromatic carbocycles. The van der Waals surface area contributed by atoms with E-state index in [1.807, 2.05) is 49.1 Å². The lowest BCUT2D eigenvalue weighted by Gasteiger charge is -2.32. The third-order valence-corrected chi connectivity index (χ3v) is 4.25. The Morgan fingerprint density at radius 1 is 1.21 bits per heavy atom. The van der Waals surface area contributed by atoms with Crippen molar-refractivity contribution in [2.24, 2.45) is 11.8 Å². The number of amides is 2. The minimum absolute atomic E-state index is 0.0288. The second-order valence-electron chi connectivity index (χ2n) is 6.83. The molecule has 132 valence electrons. The second kappa shape index (κ2) is 9.30. The van der Waals surface area contributed by atoms with Crippen molar-refractivity contribution in [2.75, 3.05) is 26.2 Å². The fraction of sp³-hybridized carbons (Fsp3) is 0.579. The Labute approximate surface area is 144 Å². The number of ether oxygens (including phenoxy) is 1. The maximum atomic E-state index is 12.2. The summed E-state index contributed by atoms with van der Waals surface area (Å²) < 4.78 is 5.52. The molecule has 0 saturated carbocycles. The van der Waals surface area contributed by atoms with Crippen LogP contribution in [0.5, 0.6) is 5.75 Å². The Kier molecular flexibility index (Phi) is 7.09. The maximum absolute atomic E-state index is 12.2. The number of nitrogens with one attached hydrogen (secondary N) is 1. The SMILES string of the molecule is CC(C)CC(=O)NCC1CCN(C(=O)COc2ccccc2)CC1. The third kappa shape index (κ3) is 6.22. The van der Waals surface area contributed by atoms with Gasteiger partial charge in [-0.1, -0.05) is 32.0 Å². The van der Waals surface area contributed by atoms with Crippen LogP contribution in [0.25, 0.3) is 0 Å². The van der Waals surface area contributed by atoms with Gasteiger partial charge in [0.2, 0.25) is 5.91 Å². The summed E-state index contributed by atoms with van der Waals surface area (Å²) in [7, 11) is 0. The molecular formula is C19H28N2O3. The first kappa shape index (κ1) is 18.3. The standard InChI is InChI=1S/C19H28N2O3/c1-15(2)12-18(22)20-13-16-8-10-21(11-9-16)19(23)14-24-17-6-4-3-5-7-17/h3-7,15-16H,8-14H2,1-2H3,(H,20,22). The van der Waals surface area contributed by atoms with Gasteiger partial charge in [0.05, 0.1) is 0 Å². The summed E-state index contributed by atoms with van der Waals surface area (Å²) in [5.74, 6) is 1.71. The molecule has 0 atom stereocenters. The molecular weight excluding hydrogens is 304 g/mol. The van der Waals surface area contributed by atoms with Crippen LogP contribution in [0.15, 0.2) is 30.3 Å². The first-order valence-electron chi connectivity index (χ1n) is 8.77. The van der Waals surface area contributed by atoms with Crippen LogP contribution in [0.3, 0.4) is 0 Å². The molecule has 5 nitrogen and oxygen atoms in total. The average Bonchev–Trinajstić information content (AvgIpc) is 2.58. The Morgan fingerprint density at radius 2 is 1.88 bits per heavy atom. The van der Waals surface area contributed by atoms with Crippen LogP contribution in [-0.2, 0) is 9.59 Å². The smallest absolute Gasteiger partial charge is 0.260 e. The zero-order valence-electron chi connectivity index (χ0n) is 14.7. The lowest BCUT2D eigenvalue weighted by atomic mass is 9.96.